The van der Waals surface area contributed by atoms with E-state index in [1.165, 1.54) is 6.33 Å². The zero-order chi connectivity index (χ0) is 15.4. The molecule has 1 aromatic rings. The van der Waals surface area contributed by atoms with Gasteiger partial charge in [-0.15, -0.1) is 0 Å². The fourth-order valence-electron chi connectivity index (χ4n) is 3.70. The zero-order valence-electron chi connectivity index (χ0n) is 12.7. The molecule has 0 aromatic carbocycles. The van der Waals surface area contributed by atoms with Gasteiger partial charge >= 0.3 is 0 Å². The van der Waals surface area contributed by atoms with Gasteiger partial charge in [-0.2, -0.15) is 10.4 Å². The molecule has 2 aliphatic heterocycles. The molecule has 0 N–H and O–H groups in total. The number of hydrogen-bond acceptors (Lipinski definition) is 5. The van der Waals surface area contributed by atoms with Crippen LogP contribution in [0.3, 0.4) is 0 Å². The van der Waals surface area contributed by atoms with Crippen LogP contribution in [0.15, 0.2) is 6.33 Å². The van der Waals surface area contributed by atoms with Crippen molar-refractivity contribution in [3.05, 3.63) is 12.2 Å². The van der Waals surface area contributed by atoms with Crippen molar-refractivity contribution in [2.75, 3.05) is 19.8 Å². The first-order valence-corrected chi connectivity index (χ1v) is 7.99. The van der Waals surface area contributed by atoms with E-state index in [-0.39, 0.29) is 18.2 Å². The molecule has 2 aliphatic rings. The van der Waals surface area contributed by atoms with E-state index in [1.54, 1.807) is 4.68 Å². The number of nitrogens with zero attached hydrogens (tertiary/aromatic N) is 5. The van der Waals surface area contributed by atoms with Gasteiger partial charge in [0.1, 0.15) is 24.9 Å². The molecule has 6 nitrogen and oxygen atoms in total. The largest absolute Gasteiger partial charge is 0.372 e. The lowest BCUT2D eigenvalue weighted by Crippen LogP contribution is -2.58. The topological polar surface area (TPSA) is 67.0 Å². The summed E-state index contributed by atoms with van der Waals surface area (Å²) < 4.78 is 20.2. The predicted octanol–water partition coefficient (Wildman–Crippen LogP) is 1.67. The van der Waals surface area contributed by atoms with Gasteiger partial charge in [0.25, 0.3) is 0 Å². The van der Waals surface area contributed by atoms with Gasteiger partial charge < -0.3 is 4.74 Å². The van der Waals surface area contributed by atoms with Crippen LogP contribution in [0.25, 0.3) is 0 Å². The Hall–Kier alpha value is -1.52. The van der Waals surface area contributed by atoms with E-state index in [0.29, 0.717) is 12.4 Å². The number of aryl methyl sites for hydroxylation is 1. The maximum Gasteiger partial charge on any atom is 0.141 e. The summed E-state index contributed by atoms with van der Waals surface area (Å²) in [6.45, 7) is 1.84. The molecule has 1 aromatic heterocycles. The third-order valence-electron chi connectivity index (χ3n) is 4.75. The highest BCUT2D eigenvalue weighted by Crippen LogP contribution is 2.38. The van der Waals surface area contributed by atoms with Crippen LogP contribution < -0.4 is 0 Å². The van der Waals surface area contributed by atoms with Crippen molar-refractivity contribution in [1.82, 2.24) is 19.7 Å². The smallest absolute Gasteiger partial charge is 0.141 e. The van der Waals surface area contributed by atoms with Crippen LogP contribution in [-0.4, -0.2) is 51.1 Å². The number of hydrogen-bond donors (Lipinski definition) is 0. The quantitative estimate of drug-likeness (QED) is 0.846. The van der Waals surface area contributed by atoms with Crippen molar-refractivity contribution in [2.45, 2.75) is 56.8 Å². The van der Waals surface area contributed by atoms with Crippen LogP contribution in [0.1, 0.15) is 37.9 Å². The number of nitriles is 1. The lowest BCUT2D eigenvalue weighted by Gasteiger charge is -2.48. The molecule has 3 heterocycles. The van der Waals surface area contributed by atoms with E-state index < -0.39 is 6.67 Å². The second-order valence-corrected chi connectivity index (χ2v) is 6.06. The van der Waals surface area contributed by atoms with Crippen LogP contribution in [0.5, 0.6) is 0 Å². The van der Waals surface area contributed by atoms with Gasteiger partial charge in [-0.25, -0.2) is 14.1 Å². The Morgan fingerprint density at radius 3 is 3.00 bits per heavy atom. The van der Waals surface area contributed by atoms with Gasteiger partial charge in [-0.3, -0.25) is 4.90 Å². The SMILES string of the molecule is N#C[C@H]1N(Cc2ncnn2CCF)CCC[C@]12CCCCO2. The summed E-state index contributed by atoms with van der Waals surface area (Å²) in [5.41, 5.74) is -0.337. The van der Waals surface area contributed by atoms with Crippen LogP contribution in [-0.2, 0) is 17.8 Å². The van der Waals surface area contributed by atoms with Crippen LogP contribution >= 0.6 is 0 Å². The number of ether oxygens (including phenoxy) is 1. The summed E-state index contributed by atoms with van der Waals surface area (Å²) in [6, 6.07) is 2.18. The summed E-state index contributed by atoms with van der Waals surface area (Å²) in [5, 5.41) is 13.8. The molecular weight excluding hydrogens is 285 g/mol. The second kappa shape index (κ2) is 6.71. The first-order valence-electron chi connectivity index (χ1n) is 7.99. The van der Waals surface area contributed by atoms with Crippen molar-refractivity contribution >= 4 is 0 Å². The average Bonchev–Trinajstić information content (AvgIpc) is 2.96. The minimum Gasteiger partial charge on any atom is -0.372 e. The normalized spacial score (nSPS) is 29.5. The first kappa shape index (κ1) is 15.4. The summed E-state index contributed by atoms with van der Waals surface area (Å²) in [6.07, 6.45) is 6.53. The van der Waals surface area contributed by atoms with Gasteiger partial charge in [0.2, 0.25) is 0 Å². The highest BCUT2D eigenvalue weighted by atomic mass is 19.1. The van der Waals surface area contributed by atoms with Gasteiger partial charge in [0, 0.05) is 13.2 Å². The van der Waals surface area contributed by atoms with Crippen molar-refractivity contribution < 1.29 is 9.13 Å². The van der Waals surface area contributed by atoms with Crippen molar-refractivity contribution in [2.24, 2.45) is 0 Å². The zero-order valence-corrected chi connectivity index (χ0v) is 12.7. The monoisotopic (exact) mass is 307 g/mol. The summed E-state index contributed by atoms with van der Waals surface area (Å²) in [7, 11) is 0. The molecule has 1 spiro atoms. The Labute approximate surface area is 129 Å². The third-order valence-corrected chi connectivity index (χ3v) is 4.75. The minimum absolute atomic E-state index is 0.210. The predicted molar refractivity (Wildman–Crippen MR) is 77.6 cm³/mol. The maximum absolute atomic E-state index is 12.6. The lowest BCUT2D eigenvalue weighted by molar-refractivity contribution is -0.138. The number of rotatable bonds is 4. The Kier molecular flexibility index (Phi) is 4.69. The first-order chi connectivity index (χ1) is 10.8. The molecule has 7 heteroatoms. The van der Waals surface area contributed by atoms with Gasteiger partial charge in [-0.1, -0.05) is 0 Å². The Morgan fingerprint density at radius 2 is 2.27 bits per heavy atom. The van der Waals surface area contributed by atoms with Gasteiger partial charge in [0.15, 0.2) is 0 Å². The molecule has 2 atom stereocenters. The summed E-state index contributed by atoms with van der Waals surface area (Å²) in [5.74, 6) is 0.714. The highest BCUT2D eigenvalue weighted by molar-refractivity contribution is 5.10. The second-order valence-electron chi connectivity index (χ2n) is 6.06. The molecular formula is C15H22FN5O. The van der Waals surface area contributed by atoms with E-state index in [0.717, 1.165) is 45.3 Å². The Morgan fingerprint density at radius 1 is 1.41 bits per heavy atom. The minimum atomic E-state index is -0.467. The number of halogens is 1. The van der Waals surface area contributed by atoms with Crippen LogP contribution in [0.4, 0.5) is 4.39 Å². The molecule has 3 rings (SSSR count). The molecule has 120 valence electrons. The van der Waals surface area contributed by atoms with E-state index in [4.69, 9.17) is 4.74 Å². The number of likely N-dealkylation sites (tertiary alicyclic amines) is 1. The molecule has 0 unspecified atom stereocenters. The lowest BCUT2D eigenvalue weighted by atomic mass is 9.79. The summed E-state index contributed by atoms with van der Waals surface area (Å²) >= 11 is 0. The number of aromatic nitrogens is 3. The molecule has 0 aliphatic carbocycles. The van der Waals surface area contributed by atoms with Crippen LogP contribution in [0, 0.1) is 11.3 Å². The number of alkyl halides is 1. The molecule has 22 heavy (non-hydrogen) atoms. The fourth-order valence-corrected chi connectivity index (χ4v) is 3.70. The highest BCUT2D eigenvalue weighted by Gasteiger charge is 2.47. The van der Waals surface area contributed by atoms with Crippen LogP contribution in [0.2, 0.25) is 0 Å². The Bertz CT molecular complexity index is 529. The molecule has 0 radical (unpaired) electrons. The standard InChI is InChI=1S/C15H22FN5O/c16-6-8-21-14(18-12-19-21)11-20-7-3-5-15(13(20)10-17)4-1-2-9-22-15/h12-13H,1-9,11H2/t13-,15-/m1/s1. The molecule has 0 amide bonds. The van der Waals surface area contributed by atoms with E-state index >= 15 is 0 Å². The molecule has 0 saturated carbocycles. The summed E-state index contributed by atoms with van der Waals surface area (Å²) in [4.78, 5) is 6.34. The molecule has 2 fully saturated rings. The maximum atomic E-state index is 12.6. The molecule has 0 bridgehead atoms. The number of piperidine rings is 1. The van der Waals surface area contributed by atoms with E-state index in [1.807, 2.05) is 0 Å². The third kappa shape index (κ3) is 2.85. The average molecular weight is 307 g/mol. The van der Waals surface area contributed by atoms with Gasteiger partial charge in [-0.05, 0) is 32.1 Å². The van der Waals surface area contributed by atoms with E-state index in [9.17, 15) is 9.65 Å². The van der Waals surface area contributed by atoms with Crippen molar-refractivity contribution in [3.8, 4) is 6.07 Å². The Balaban J connectivity index is 1.77. The van der Waals surface area contributed by atoms with Crippen molar-refractivity contribution in [1.29, 1.82) is 5.26 Å². The van der Waals surface area contributed by atoms with Crippen molar-refractivity contribution in [3.63, 3.8) is 0 Å². The van der Waals surface area contributed by atoms with E-state index in [2.05, 4.69) is 21.1 Å². The molecule has 2 saturated heterocycles. The van der Waals surface area contributed by atoms with Gasteiger partial charge in [0.05, 0.1) is 24.8 Å². The fraction of sp³-hybridized carbons (Fsp3) is 0.800.